The third-order valence-corrected chi connectivity index (χ3v) is 4.01. The smallest absolute Gasteiger partial charge is 0.411 e. The number of rotatable bonds is 4. The molecule has 1 amide bonds. The van der Waals surface area contributed by atoms with E-state index >= 15 is 0 Å². The van der Waals surface area contributed by atoms with E-state index in [0.717, 1.165) is 11.3 Å². The average molecular weight is 349 g/mol. The van der Waals surface area contributed by atoms with Crippen LogP contribution in [0, 0.1) is 0 Å². The SMILES string of the molecule is CC(C)c1ccccc1O[C@H]1C[C@@H](C(=O)O)N(C(=O)OC(C)(C)C)C1. The topological polar surface area (TPSA) is 76.1 Å². The van der Waals surface area contributed by atoms with Crippen LogP contribution in [0.15, 0.2) is 24.3 Å². The molecule has 1 fully saturated rings. The van der Waals surface area contributed by atoms with Crippen LogP contribution in [0.25, 0.3) is 0 Å². The molecule has 0 spiro atoms. The highest BCUT2D eigenvalue weighted by molar-refractivity contribution is 5.81. The highest BCUT2D eigenvalue weighted by atomic mass is 16.6. The number of carbonyl (C=O) groups excluding carboxylic acids is 1. The fourth-order valence-electron chi connectivity index (χ4n) is 2.88. The van der Waals surface area contributed by atoms with Gasteiger partial charge in [-0.1, -0.05) is 32.0 Å². The minimum atomic E-state index is -1.05. The second kappa shape index (κ2) is 7.33. The van der Waals surface area contributed by atoms with E-state index in [9.17, 15) is 14.7 Å². The molecule has 1 aromatic rings. The first-order valence-electron chi connectivity index (χ1n) is 8.56. The summed E-state index contributed by atoms with van der Waals surface area (Å²) in [6, 6.07) is 6.77. The maximum Gasteiger partial charge on any atom is 0.411 e. The fourth-order valence-corrected chi connectivity index (χ4v) is 2.88. The standard InChI is InChI=1S/C19H27NO5/c1-12(2)14-8-6-7-9-16(14)24-13-10-15(17(21)22)20(11-13)18(23)25-19(3,4)5/h6-9,12-13,15H,10-11H2,1-5H3,(H,21,22)/t13-,15-/m0/s1. The van der Waals surface area contributed by atoms with E-state index in [4.69, 9.17) is 9.47 Å². The van der Waals surface area contributed by atoms with Crippen molar-refractivity contribution in [3.8, 4) is 5.75 Å². The summed E-state index contributed by atoms with van der Waals surface area (Å²) < 4.78 is 11.4. The number of hydrogen-bond acceptors (Lipinski definition) is 4. The molecule has 0 saturated carbocycles. The summed E-state index contributed by atoms with van der Waals surface area (Å²) in [5.41, 5.74) is 0.383. The van der Waals surface area contributed by atoms with Crippen molar-refractivity contribution in [1.29, 1.82) is 0 Å². The van der Waals surface area contributed by atoms with Gasteiger partial charge in [0.2, 0.25) is 0 Å². The lowest BCUT2D eigenvalue weighted by atomic mass is 10.0. The molecular formula is C19H27NO5. The Hall–Kier alpha value is -2.24. The first kappa shape index (κ1) is 19.1. The number of aliphatic carboxylic acids is 1. The van der Waals surface area contributed by atoms with Crippen LogP contribution in [0.2, 0.25) is 0 Å². The van der Waals surface area contributed by atoms with Crippen LogP contribution >= 0.6 is 0 Å². The van der Waals surface area contributed by atoms with Crippen LogP contribution in [0.3, 0.4) is 0 Å². The summed E-state index contributed by atoms with van der Waals surface area (Å²) in [6.07, 6.45) is -0.766. The van der Waals surface area contributed by atoms with Gasteiger partial charge in [0, 0.05) is 6.42 Å². The second-order valence-electron chi connectivity index (χ2n) is 7.65. The summed E-state index contributed by atoms with van der Waals surface area (Å²) in [5, 5.41) is 9.45. The van der Waals surface area contributed by atoms with Crippen molar-refractivity contribution < 1.29 is 24.2 Å². The van der Waals surface area contributed by atoms with E-state index in [1.807, 2.05) is 24.3 Å². The number of hydrogen-bond donors (Lipinski definition) is 1. The molecule has 1 saturated heterocycles. The maximum absolute atomic E-state index is 12.3. The molecule has 0 aliphatic carbocycles. The predicted molar refractivity (Wildman–Crippen MR) is 93.9 cm³/mol. The Labute approximate surface area is 148 Å². The van der Waals surface area contributed by atoms with E-state index in [1.165, 1.54) is 4.90 Å². The van der Waals surface area contributed by atoms with Crippen molar-refractivity contribution >= 4 is 12.1 Å². The van der Waals surface area contributed by atoms with Crippen LogP contribution in [-0.2, 0) is 9.53 Å². The molecule has 6 nitrogen and oxygen atoms in total. The van der Waals surface area contributed by atoms with Gasteiger partial charge in [0.05, 0.1) is 6.54 Å². The summed E-state index contributed by atoms with van der Waals surface area (Å²) in [5.74, 6) is -0.0263. The molecule has 0 unspecified atom stereocenters. The first-order chi connectivity index (χ1) is 11.6. The molecular weight excluding hydrogens is 322 g/mol. The second-order valence-corrected chi connectivity index (χ2v) is 7.65. The van der Waals surface area contributed by atoms with Crippen LogP contribution in [-0.4, -0.2) is 46.4 Å². The van der Waals surface area contributed by atoms with Crippen molar-refractivity contribution in [2.75, 3.05) is 6.54 Å². The molecule has 6 heteroatoms. The van der Waals surface area contributed by atoms with E-state index in [2.05, 4.69) is 13.8 Å². The quantitative estimate of drug-likeness (QED) is 0.898. The van der Waals surface area contributed by atoms with E-state index in [0.29, 0.717) is 0 Å². The van der Waals surface area contributed by atoms with Gasteiger partial charge in [0.15, 0.2) is 0 Å². The van der Waals surface area contributed by atoms with Gasteiger partial charge in [-0.15, -0.1) is 0 Å². The number of carbonyl (C=O) groups is 2. The first-order valence-corrected chi connectivity index (χ1v) is 8.56. The number of para-hydroxylation sites is 1. The molecule has 2 atom stereocenters. The largest absolute Gasteiger partial charge is 0.488 e. The van der Waals surface area contributed by atoms with Gasteiger partial charge in [-0.2, -0.15) is 0 Å². The normalized spacial score (nSPS) is 20.6. The highest BCUT2D eigenvalue weighted by Gasteiger charge is 2.42. The van der Waals surface area contributed by atoms with Crippen LogP contribution in [0.1, 0.15) is 52.5 Å². The molecule has 1 heterocycles. The molecule has 2 rings (SSSR count). The third-order valence-electron chi connectivity index (χ3n) is 4.01. The lowest BCUT2D eigenvalue weighted by Gasteiger charge is -2.26. The molecule has 0 aromatic heterocycles. The number of carboxylic acid groups (broad SMARTS) is 1. The maximum atomic E-state index is 12.3. The van der Waals surface area contributed by atoms with Crippen molar-refractivity contribution in [1.82, 2.24) is 4.90 Å². The monoisotopic (exact) mass is 349 g/mol. The minimum absolute atomic E-state index is 0.193. The van der Waals surface area contributed by atoms with Crippen LogP contribution in [0.5, 0.6) is 5.75 Å². The number of amides is 1. The Morgan fingerprint density at radius 2 is 1.88 bits per heavy atom. The Bertz CT molecular complexity index is 635. The fraction of sp³-hybridized carbons (Fsp3) is 0.579. The predicted octanol–water partition coefficient (Wildman–Crippen LogP) is 3.65. The van der Waals surface area contributed by atoms with Crippen molar-refractivity contribution in [2.24, 2.45) is 0 Å². The molecule has 25 heavy (non-hydrogen) atoms. The summed E-state index contributed by atoms with van der Waals surface area (Å²) in [4.78, 5) is 25.1. The van der Waals surface area contributed by atoms with Gasteiger partial charge in [-0.3, -0.25) is 4.90 Å². The van der Waals surface area contributed by atoms with Gasteiger partial charge < -0.3 is 14.6 Å². The number of nitrogens with zero attached hydrogens (tertiary/aromatic N) is 1. The van der Waals surface area contributed by atoms with E-state index in [1.54, 1.807) is 20.8 Å². The van der Waals surface area contributed by atoms with Gasteiger partial charge in [-0.05, 0) is 38.3 Å². The van der Waals surface area contributed by atoms with Gasteiger partial charge in [0.25, 0.3) is 0 Å². The highest BCUT2D eigenvalue weighted by Crippen LogP contribution is 2.30. The third kappa shape index (κ3) is 4.87. The van der Waals surface area contributed by atoms with Gasteiger partial charge in [0.1, 0.15) is 23.5 Å². The van der Waals surface area contributed by atoms with E-state index < -0.39 is 23.7 Å². The summed E-state index contributed by atoms with van der Waals surface area (Å²) in [7, 11) is 0. The molecule has 1 N–H and O–H groups in total. The lowest BCUT2D eigenvalue weighted by Crippen LogP contribution is -2.43. The van der Waals surface area contributed by atoms with Crippen molar-refractivity contribution in [3.05, 3.63) is 29.8 Å². The van der Waals surface area contributed by atoms with E-state index in [-0.39, 0.29) is 25.0 Å². The zero-order valence-corrected chi connectivity index (χ0v) is 15.5. The van der Waals surface area contributed by atoms with Crippen LogP contribution in [0.4, 0.5) is 4.79 Å². The van der Waals surface area contributed by atoms with Crippen molar-refractivity contribution in [3.63, 3.8) is 0 Å². The molecule has 1 aliphatic heterocycles. The molecule has 0 bridgehead atoms. The minimum Gasteiger partial charge on any atom is -0.488 e. The molecule has 0 radical (unpaired) electrons. The van der Waals surface area contributed by atoms with Crippen LogP contribution < -0.4 is 4.74 Å². The Kier molecular flexibility index (Phi) is 5.60. The van der Waals surface area contributed by atoms with Gasteiger partial charge >= 0.3 is 12.1 Å². The zero-order valence-electron chi connectivity index (χ0n) is 15.5. The number of benzene rings is 1. The van der Waals surface area contributed by atoms with Crippen molar-refractivity contribution in [2.45, 2.75) is 64.7 Å². The molecule has 1 aliphatic rings. The number of ether oxygens (including phenoxy) is 2. The lowest BCUT2D eigenvalue weighted by molar-refractivity contribution is -0.142. The molecule has 1 aromatic carbocycles. The Morgan fingerprint density at radius 1 is 1.24 bits per heavy atom. The Balaban J connectivity index is 2.15. The Morgan fingerprint density at radius 3 is 2.44 bits per heavy atom. The average Bonchev–Trinajstić information content (AvgIpc) is 2.90. The number of carboxylic acids is 1. The zero-order chi connectivity index (χ0) is 18.8. The number of likely N-dealkylation sites (tertiary alicyclic amines) is 1. The van der Waals surface area contributed by atoms with Gasteiger partial charge in [-0.25, -0.2) is 9.59 Å². The summed E-state index contributed by atoms with van der Waals surface area (Å²) in [6.45, 7) is 9.60. The molecule has 138 valence electrons. The summed E-state index contributed by atoms with van der Waals surface area (Å²) >= 11 is 0.